The molecule has 216 valence electrons. The van der Waals surface area contributed by atoms with Crippen LogP contribution in [0.1, 0.15) is 41.0 Å². The quantitative estimate of drug-likeness (QED) is 0.166. The van der Waals surface area contributed by atoms with Crippen LogP contribution in [0.2, 0.25) is 5.02 Å². The fraction of sp³-hybridized carbons (Fsp3) is 0.444. The van der Waals surface area contributed by atoms with Gasteiger partial charge in [0, 0.05) is 36.4 Å². The Balaban J connectivity index is 1.79. The summed E-state index contributed by atoms with van der Waals surface area (Å²) in [6.07, 6.45) is 1.39. The maximum absolute atomic E-state index is 13.5. The molecule has 0 aliphatic rings. The van der Waals surface area contributed by atoms with Crippen molar-refractivity contribution in [1.29, 1.82) is 0 Å². The lowest BCUT2D eigenvalue weighted by molar-refractivity contribution is -0.385. The average molecular weight is 578 g/mol. The van der Waals surface area contributed by atoms with Gasteiger partial charge in [-0.15, -0.1) is 0 Å². The second-order valence-electron chi connectivity index (χ2n) is 10.7. The number of anilines is 2. The molecule has 0 saturated carbocycles. The Labute approximate surface area is 236 Å². The number of nitro groups is 1. The van der Waals surface area contributed by atoms with Crippen molar-refractivity contribution in [2.45, 2.75) is 52.2 Å². The predicted octanol–water partition coefficient (Wildman–Crippen LogP) is 5.26. The minimum atomic E-state index is -0.683. The van der Waals surface area contributed by atoms with E-state index < -0.39 is 21.9 Å². The lowest BCUT2D eigenvalue weighted by Gasteiger charge is -2.37. The number of aromatic nitrogens is 2. The Morgan fingerprint density at radius 1 is 1.18 bits per heavy atom. The van der Waals surface area contributed by atoms with Gasteiger partial charge in [0.05, 0.1) is 33.9 Å². The number of carbonyl (C=O) groups is 1. The summed E-state index contributed by atoms with van der Waals surface area (Å²) >= 11 is 5.86. The van der Waals surface area contributed by atoms with Crippen molar-refractivity contribution in [2.75, 3.05) is 31.6 Å². The van der Waals surface area contributed by atoms with Gasteiger partial charge < -0.3 is 19.9 Å². The molecule has 13 heteroatoms. The second-order valence-corrected chi connectivity index (χ2v) is 11.1. The summed E-state index contributed by atoms with van der Waals surface area (Å²) in [4.78, 5) is 33.8. The third-order valence-electron chi connectivity index (χ3n) is 5.96. The molecule has 0 saturated heterocycles. The van der Waals surface area contributed by atoms with Gasteiger partial charge in [0.15, 0.2) is 5.75 Å². The van der Waals surface area contributed by atoms with Crippen LogP contribution >= 0.6 is 11.6 Å². The van der Waals surface area contributed by atoms with Crippen molar-refractivity contribution in [3.8, 4) is 5.75 Å². The van der Waals surface area contributed by atoms with Gasteiger partial charge in [0.2, 0.25) is 0 Å². The summed E-state index contributed by atoms with van der Waals surface area (Å²) in [5, 5.41) is 25.1. The topological polar surface area (TPSA) is 140 Å². The third-order valence-corrected chi connectivity index (χ3v) is 6.25. The van der Waals surface area contributed by atoms with Crippen LogP contribution in [-0.2, 0) is 9.53 Å². The SMILES string of the molecule is CC(C)(C)OC(=O)CCN(CCOc1cc2ncnc(Nc3ccc(F)c(Cl)c3)c2cc1[N+](=O)[O-])C(C)(C)CO. The van der Waals surface area contributed by atoms with Crippen LogP contribution in [0.15, 0.2) is 36.7 Å². The largest absolute Gasteiger partial charge is 0.485 e. The summed E-state index contributed by atoms with van der Waals surface area (Å²) in [5.41, 5.74) is -0.782. The van der Waals surface area contributed by atoms with Crippen molar-refractivity contribution in [1.82, 2.24) is 14.9 Å². The molecule has 2 N–H and O–H groups in total. The molecule has 0 atom stereocenters. The highest BCUT2D eigenvalue weighted by atomic mass is 35.5. The monoisotopic (exact) mass is 577 g/mol. The van der Waals surface area contributed by atoms with Crippen molar-refractivity contribution in [2.24, 2.45) is 0 Å². The fourth-order valence-corrected chi connectivity index (χ4v) is 4.02. The number of nitrogens with one attached hydrogen (secondary N) is 1. The highest BCUT2D eigenvalue weighted by Crippen LogP contribution is 2.35. The van der Waals surface area contributed by atoms with Gasteiger partial charge in [0.25, 0.3) is 0 Å². The lowest BCUT2D eigenvalue weighted by atomic mass is 10.0. The number of hydrogen-bond donors (Lipinski definition) is 2. The Hall–Kier alpha value is -3.61. The first-order valence-corrected chi connectivity index (χ1v) is 12.9. The zero-order valence-corrected chi connectivity index (χ0v) is 23.8. The summed E-state index contributed by atoms with van der Waals surface area (Å²) in [5.74, 6) is -0.687. The smallest absolute Gasteiger partial charge is 0.311 e. The van der Waals surface area contributed by atoms with E-state index in [1.54, 1.807) is 20.8 Å². The molecule has 0 spiro atoms. The molecule has 0 unspecified atom stereocenters. The summed E-state index contributed by atoms with van der Waals surface area (Å²) < 4.78 is 24.7. The predicted molar refractivity (Wildman–Crippen MR) is 150 cm³/mol. The van der Waals surface area contributed by atoms with Crippen LogP contribution < -0.4 is 10.1 Å². The molecular weight excluding hydrogens is 545 g/mol. The number of rotatable bonds is 12. The van der Waals surface area contributed by atoms with E-state index in [0.29, 0.717) is 23.1 Å². The van der Waals surface area contributed by atoms with Gasteiger partial charge in [-0.3, -0.25) is 19.8 Å². The first kappa shape index (κ1) is 30.9. The number of carbonyl (C=O) groups excluding carboxylic acids is 1. The first-order chi connectivity index (χ1) is 18.7. The lowest BCUT2D eigenvalue weighted by Crippen LogP contribution is -2.49. The summed E-state index contributed by atoms with van der Waals surface area (Å²) in [7, 11) is 0. The van der Waals surface area contributed by atoms with Crippen molar-refractivity contribution < 1.29 is 28.7 Å². The molecule has 40 heavy (non-hydrogen) atoms. The van der Waals surface area contributed by atoms with Crippen LogP contribution in [0, 0.1) is 15.9 Å². The maximum atomic E-state index is 13.5. The second kappa shape index (κ2) is 12.7. The van der Waals surface area contributed by atoms with Gasteiger partial charge in [-0.2, -0.15) is 0 Å². The number of benzene rings is 2. The molecule has 0 fully saturated rings. The third kappa shape index (κ3) is 8.20. The van der Waals surface area contributed by atoms with Gasteiger partial charge in [-0.25, -0.2) is 14.4 Å². The number of nitro benzene ring substituents is 1. The molecule has 0 aliphatic carbocycles. The van der Waals surface area contributed by atoms with Crippen LogP contribution in [-0.4, -0.2) is 68.3 Å². The number of halogens is 2. The minimum Gasteiger partial charge on any atom is -0.485 e. The van der Waals surface area contributed by atoms with Gasteiger partial charge >= 0.3 is 11.7 Å². The van der Waals surface area contributed by atoms with E-state index in [4.69, 9.17) is 21.1 Å². The Kier molecular flexibility index (Phi) is 9.82. The number of ether oxygens (including phenoxy) is 2. The van der Waals surface area contributed by atoms with E-state index >= 15 is 0 Å². The molecule has 0 aliphatic heterocycles. The molecule has 3 rings (SSSR count). The Bertz CT molecular complexity index is 1380. The number of esters is 1. The van der Waals surface area contributed by atoms with Crippen LogP contribution in [0.5, 0.6) is 5.75 Å². The highest BCUT2D eigenvalue weighted by Gasteiger charge is 2.28. The normalized spacial score (nSPS) is 12.0. The molecule has 1 heterocycles. The number of nitrogens with zero attached hydrogens (tertiary/aromatic N) is 4. The highest BCUT2D eigenvalue weighted by molar-refractivity contribution is 6.31. The Morgan fingerprint density at radius 3 is 2.52 bits per heavy atom. The average Bonchev–Trinajstić information content (AvgIpc) is 2.86. The zero-order chi connectivity index (χ0) is 29.7. The van der Waals surface area contributed by atoms with E-state index in [9.17, 15) is 24.4 Å². The van der Waals surface area contributed by atoms with E-state index in [2.05, 4.69) is 15.3 Å². The van der Waals surface area contributed by atoms with E-state index in [1.165, 1.54) is 36.7 Å². The van der Waals surface area contributed by atoms with E-state index in [0.717, 1.165) is 0 Å². The molecule has 11 nitrogen and oxygen atoms in total. The molecule has 1 aromatic heterocycles. The number of aliphatic hydroxyl groups is 1. The Morgan fingerprint density at radius 2 is 1.90 bits per heavy atom. The van der Waals surface area contributed by atoms with Gasteiger partial charge in [-0.05, 0) is 52.8 Å². The minimum absolute atomic E-state index is 0.000809. The molecule has 0 bridgehead atoms. The molecule has 2 aromatic carbocycles. The summed E-state index contributed by atoms with van der Waals surface area (Å²) in [6.45, 7) is 9.42. The zero-order valence-electron chi connectivity index (χ0n) is 23.0. The summed E-state index contributed by atoms with van der Waals surface area (Å²) in [6, 6.07) is 6.77. The van der Waals surface area contributed by atoms with Crippen LogP contribution in [0.25, 0.3) is 10.9 Å². The van der Waals surface area contributed by atoms with Crippen molar-refractivity contribution in [3.63, 3.8) is 0 Å². The fourth-order valence-electron chi connectivity index (χ4n) is 3.84. The van der Waals surface area contributed by atoms with Crippen LogP contribution in [0.4, 0.5) is 21.6 Å². The van der Waals surface area contributed by atoms with Crippen LogP contribution in [0.3, 0.4) is 0 Å². The molecule has 0 radical (unpaired) electrons. The number of fused-ring (bicyclic) bond motifs is 1. The first-order valence-electron chi connectivity index (χ1n) is 12.6. The van der Waals surface area contributed by atoms with Crippen molar-refractivity contribution in [3.05, 3.63) is 57.6 Å². The van der Waals surface area contributed by atoms with E-state index in [-0.39, 0.29) is 54.4 Å². The van der Waals surface area contributed by atoms with Gasteiger partial charge in [0.1, 0.15) is 30.2 Å². The molecular formula is C27H33ClFN5O6. The maximum Gasteiger partial charge on any atom is 0.311 e. The number of aliphatic hydroxyl groups excluding tert-OH is 1. The van der Waals surface area contributed by atoms with E-state index in [1.807, 2.05) is 18.7 Å². The molecule has 0 amide bonds. The molecule has 3 aromatic rings. The number of hydrogen-bond acceptors (Lipinski definition) is 10. The van der Waals surface area contributed by atoms with Gasteiger partial charge in [-0.1, -0.05) is 11.6 Å². The standard InChI is InChI=1S/C27H33ClFN5O6/c1-26(2,3)40-24(36)8-9-33(27(4,5)15-35)10-11-39-23-14-21-18(13-22(23)34(37)38)25(31-16-30-21)32-17-6-7-20(29)19(28)12-17/h6-7,12-14,16,35H,8-11,15H2,1-5H3,(H,30,31,32). The van der Waals surface area contributed by atoms with Crippen molar-refractivity contribution >= 4 is 45.7 Å².